The molecule has 4 rings (SSSR count). The molecule has 0 radical (unpaired) electrons. The van der Waals surface area contributed by atoms with Crippen molar-refractivity contribution < 1.29 is 29.0 Å². The number of hydrogen-bond acceptors (Lipinski definition) is 7. The lowest BCUT2D eigenvalue weighted by atomic mass is 10.00. The van der Waals surface area contributed by atoms with Crippen molar-refractivity contribution >= 4 is 46.0 Å². The fourth-order valence-electron chi connectivity index (χ4n) is 3.68. The van der Waals surface area contributed by atoms with Crippen LogP contribution in [0.5, 0.6) is 5.88 Å². The molecule has 0 unspecified atom stereocenters. The van der Waals surface area contributed by atoms with Crippen molar-refractivity contribution in [2.45, 2.75) is 0 Å². The summed E-state index contributed by atoms with van der Waals surface area (Å²) in [6.45, 7) is -0.250. The number of aliphatic imine (C=N–C) groups is 1. The standard InChI is InChI=1S/C27H24N4O6/c1-36-22(32)15-28-27(35)30-19-11-9-18(10-12-19)29-24(16-6-4-3-5-7-16)23-20-13-8-17(26(34)37-2)14-21(20)31-25(23)33/h3-14,31,33H,15H2,1-2H3,(H2,28,30,35). The minimum absolute atomic E-state index is 0.0971. The maximum Gasteiger partial charge on any atom is 0.337 e. The molecular weight excluding hydrogens is 476 g/mol. The third kappa shape index (κ3) is 5.76. The minimum Gasteiger partial charge on any atom is -0.494 e. The van der Waals surface area contributed by atoms with Crippen molar-refractivity contribution in [3.63, 3.8) is 0 Å². The number of aromatic hydroxyl groups is 1. The highest BCUT2D eigenvalue weighted by Gasteiger charge is 2.20. The lowest BCUT2D eigenvalue weighted by Gasteiger charge is -2.09. The summed E-state index contributed by atoms with van der Waals surface area (Å²) in [5.41, 5.74) is 3.71. The van der Waals surface area contributed by atoms with E-state index in [9.17, 15) is 19.5 Å². The average Bonchev–Trinajstić information content (AvgIpc) is 3.25. The lowest BCUT2D eigenvalue weighted by Crippen LogP contribution is -2.33. The third-order valence-corrected chi connectivity index (χ3v) is 5.47. The van der Waals surface area contributed by atoms with Crippen LogP contribution >= 0.6 is 0 Å². The highest BCUT2D eigenvalue weighted by Crippen LogP contribution is 2.32. The highest BCUT2D eigenvalue weighted by molar-refractivity contribution is 6.22. The van der Waals surface area contributed by atoms with Gasteiger partial charge in [-0.3, -0.25) is 4.79 Å². The molecule has 0 saturated carbocycles. The molecule has 0 atom stereocenters. The zero-order valence-corrected chi connectivity index (χ0v) is 20.1. The Morgan fingerprint density at radius 1 is 0.919 bits per heavy atom. The molecule has 0 saturated heterocycles. The molecule has 10 nitrogen and oxygen atoms in total. The number of rotatable bonds is 7. The zero-order chi connectivity index (χ0) is 26.4. The van der Waals surface area contributed by atoms with Crippen molar-refractivity contribution in [2.75, 3.05) is 26.1 Å². The first-order valence-electron chi connectivity index (χ1n) is 11.2. The fourth-order valence-corrected chi connectivity index (χ4v) is 3.68. The number of aromatic amines is 1. The van der Waals surface area contributed by atoms with Crippen LogP contribution in [0.3, 0.4) is 0 Å². The molecule has 1 aromatic heterocycles. The maximum atomic E-state index is 12.0. The first-order valence-corrected chi connectivity index (χ1v) is 11.2. The van der Waals surface area contributed by atoms with Gasteiger partial charge in [0.15, 0.2) is 5.88 Å². The number of urea groups is 1. The van der Waals surface area contributed by atoms with Gasteiger partial charge in [-0.15, -0.1) is 0 Å². The minimum atomic E-state index is -0.560. The van der Waals surface area contributed by atoms with E-state index >= 15 is 0 Å². The summed E-state index contributed by atoms with van der Waals surface area (Å²) in [7, 11) is 2.54. The largest absolute Gasteiger partial charge is 0.494 e. The molecule has 37 heavy (non-hydrogen) atoms. The lowest BCUT2D eigenvalue weighted by molar-refractivity contribution is -0.139. The predicted molar refractivity (Wildman–Crippen MR) is 139 cm³/mol. The number of methoxy groups -OCH3 is 2. The van der Waals surface area contributed by atoms with E-state index < -0.39 is 18.0 Å². The number of aromatic nitrogens is 1. The van der Waals surface area contributed by atoms with Crippen LogP contribution in [0.1, 0.15) is 21.5 Å². The number of amides is 2. The highest BCUT2D eigenvalue weighted by atomic mass is 16.5. The van der Waals surface area contributed by atoms with Crippen LogP contribution in [0.15, 0.2) is 77.8 Å². The van der Waals surface area contributed by atoms with E-state index in [4.69, 9.17) is 9.73 Å². The number of hydrogen-bond donors (Lipinski definition) is 4. The Morgan fingerprint density at radius 3 is 2.32 bits per heavy atom. The number of benzene rings is 3. The Hall–Kier alpha value is -5.12. The second-order valence-electron chi connectivity index (χ2n) is 7.86. The normalized spacial score (nSPS) is 11.1. The van der Waals surface area contributed by atoms with Crippen molar-refractivity contribution in [3.05, 3.63) is 89.5 Å². The van der Waals surface area contributed by atoms with Crippen LogP contribution < -0.4 is 10.6 Å². The summed E-state index contributed by atoms with van der Waals surface area (Å²) in [6.07, 6.45) is 0. The van der Waals surface area contributed by atoms with Gasteiger partial charge in [0.05, 0.1) is 36.7 Å². The molecule has 1 heterocycles. The molecule has 0 aliphatic rings. The van der Waals surface area contributed by atoms with Gasteiger partial charge < -0.3 is 30.2 Å². The van der Waals surface area contributed by atoms with Gasteiger partial charge in [0.1, 0.15) is 6.54 Å². The summed E-state index contributed by atoms with van der Waals surface area (Å²) < 4.78 is 9.28. The van der Waals surface area contributed by atoms with Crippen LogP contribution in [0.2, 0.25) is 0 Å². The van der Waals surface area contributed by atoms with E-state index in [1.54, 1.807) is 42.5 Å². The molecule has 3 aromatic carbocycles. The van der Waals surface area contributed by atoms with Gasteiger partial charge >= 0.3 is 18.0 Å². The van der Waals surface area contributed by atoms with E-state index in [1.165, 1.54) is 14.2 Å². The van der Waals surface area contributed by atoms with Crippen LogP contribution in [-0.4, -0.2) is 54.5 Å². The summed E-state index contributed by atoms with van der Waals surface area (Å²) >= 11 is 0. The van der Waals surface area contributed by atoms with E-state index in [2.05, 4.69) is 20.4 Å². The quantitative estimate of drug-likeness (QED) is 0.222. The number of carbonyl (C=O) groups excluding carboxylic acids is 3. The van der Waals surface area contributed by atoms with Crippen molar-refractivity contribution in [1.29, 1.82) is 0 Å². The van der Waals surface area contributed by atoms with E-state index in [0.717, 1.165) is 5.56 Å². The van der Waals surface area contributed by atoms with Crippen LogP contribution in [0.4, 0.5) is 16.2 Å². The second kappa shape index (κ2) is 11.1. The number of carbonyl (C=O) groups is 3. The third-order valence-electron chi connectivity index (χ3n) is 5.47. The summed E-state index contributed by atoms with van der Waals surface area (Å²) in [6, 6.07) is 20.5. The molecule has 4 aromatic rings. The maximum absolute atomic E-state index is 12.0. The van der Waals surface area contributed by atoms with Gasteiger partial charge in [0, 0.05) is 22.2 Å². The Labute approximate surface area is 211 Å². The molecule has 4 N–H and O–H groups in total. The number of nitrogens with zero attached hydrogens (tertiary/aromatic N) is 1. The van der Waals surface area contributed by atoms with Gasteiger partial charge in [0.25, 0.3) is 0 Å². The van der Waals surface area contributed by atoms with Crippen LogP contribution in [-0.2, 0) is 14.3 Å². The monoisotopic (exact) mass is 500 g/mol. The summed E-state index contributed by atoms with van der Waals surface area (Å²) in [5, 5.41) is 16.5. The molecule has 0 bridgehead atoms. The van der Waals surface area contributed by atoms with Crippen molar-refractivity contribution in [2.24, 2.45) is 4.99 Å². The molecular formula is C27H24N4O6. The predicted octanol–water partition coefficient (Wildman–Crippen LogP) is 4.12. The molecule has 2 amide bonds. The van der Waals surface area contributed by atoms with Crippen molar-refractivity contribution in [3.8, 4) is 5.88 Å². The Balaban J connectivity index is 1.68. The van der Waals surface area contributed by atoms with Gasteiger partial charge in [0.2, 0.25) is 0 Å². The number of nitrogens with one attached hydrogen (secondary N) is 3. The van der Waals surface area contributed by atoms with E-state index in [-0.39, 0.29) is 12.4 Å². The molecule has 188 valence electrons. The number of esters is 2. The van der Waals surface area contributed by atoms with Gasteiger partial charge in [-0.05, 0) is 36.4 Å². The SMILES string of the molecule is COC(=O)CNC(=O)Nc1ccc(N=C(c2ccccc2)c2c(O)[nH]c3cc(C(=O)OC)ccc23)cc1. The molecule has 0 spiro atoms. The Morgan fingerprint density at radius 2 is 1.65 bits per heavy atom. The van der Waals surface area contributed by atoms with Gasteiger partial charge in [-0.2, -0.15) is 0 Å². The second-order valence-corrected chi connectivity index (χ2v) is 7.86. The number of fused-ring (bicyclic) bond motifs is 1. The first kappa shape index (κ1) is 25.0. The van der Waals surface area contributed by atoms with Gasteiger partial charge in [-0.1, -0.05) is 36.4 Å². The first-order chi connectivity index (χ1) is 17.9. The van der Waals surface area contributed by atoms with Crippen LogP contribution in [0, 0.1) is 0 Å². The number of H-pyrrole nitrogens is 1. The molecule has 0 fully saturated rings. The van der Waals surface area contributed by atoms with E-state index in [1.807, 2.05) is 30.3 Å². The molecule has 0 aliphatic heterocycles. The average molecular weight is 501 g/mol. The smallest absolute Gasteiger partial charge is 0.337 e. The number of ether oxygens (including phenoxy) is 2. The zero-order valence-electron chi connectivity index (χ0n) is 20.1. The summed E-state index contributed by atoms with van der Waals surface area (Å²) in [4.78, 5) is 42.8. The Kier molecular flexibility index (Phi) is 7.48. The summed E-state index contributed by atoms with van der Waals surface area (Å²) in [5.74, 6) is -1.14. The van der Waals surface area contributed by atoms with E-state index in [0.29, 0.717) is 39.1 Å². The Bertz CT molecular complexity index is 1480. The molecule has 0 aliphatic carbocycles. The topological polar surface area (TPSA) is 142 Å². The van der Waals surface area contributed by atoms with Gasteiger partial charge in [-0.25, -0.2) is 14.6 Å². The van der Waals surface area contributed by atoms with Crippen molar-refractivity contribution in [1.82, 2.24) is 10.3 Å². The van der Waals surface area contributed by atoms with Crippen LogP contribution in [0.25, 0.3) is 10.9 Å². The fraction of sp³-hybridized carbons (Fsp3) is 0.111. The molecule has 10 heteroatoms. The number of anilines is 1.